The van der Waals surface area contributed by atoms with Gasteiger partial charge in [0.05, 0.1) is 39.7 Å². The normalized spacial score (nSPS) is 15.1. The van der Waals surface area contributed by atoms with Gasteiger partial charge in [-0.2, -0.15) is 4.98 Å². The number of allylic oxidation sites excluding steroid dienone is 1. The zero-order valence-electron chi connectivity index (χ0n) is 36.3. The van der Waals surface area contributed by atoms with E-state index < -0.39 is 7.92 Å². The lowest BCUT2D eigenvalue weighted by Gasteiger charge is -2.27. The molecule has 0 unspecified atom stereocenters. The molecule has 0 bridgehead atoms. The van der Waals surface area contributed by atoms with E-state index >= 15 is 0 Å². The molecule has 0 spiro atoms. The number of benzene rings is 3. The van der Waals surface area contributed by atoms with Gasteiger partial charge in [0.25, 0.3) is 0 Å². The SMILES string of the molecule is CN/C=C(\C=N)c1cc(Nc2ncc(Br)c(Nc3ccc4nccnc4c3P(C)C)n2)c(OCc2cc(-c3cc(N)c(OC)cc3C3CCOCC3)cn2C)cc1C1CCOCC1. The van der Waals surface area contributed by atoms with E-state index in [4.69, 9.17) is 40.1 Å². The van der Waals surface area contributed by atoms with E-state index in [1.807, 2.05) is 44.6 Å². The Morgan fingerprint density at radius 1 is 0.937 bits per heavy atom. The summed E-state index contributed by atoms with van der Waals surface area (Å²) in [5.41, 5.74) is 17.5. The zero-order valence-corrected chi connectivity index (χ0v) is 38.8. The number of aryl methyl sites for hydroxylation is 1. The van der Waals surface area contributed by atoms with Crippen molar-refractivity contribution in [2.45, 2.75) is 44.1 Å². The summed E-state index contributed by atoms with van der Waals surface area (Å²) in [5, 5.41) is 19.8. The van der Waals surface area contributed by atoms with E-state index in [0.29, 0.717) is 58.2 Å². The first-order valence-corrected chi connectivity index (χ1v) is 24.1. The van der Waals surface area contributed by atoms with Crippen LogP contribution in [-0.4, -0.2) is 84.6 Å². The second-order valence-corrected chi connectivity index (χ2v) is 19.1. The molecule has 16 heteroatoms. The molecular formula is C47H54BrN10O4P. The van der Waals surface area contributed by atoms with Crippen molar-refractivity contribution in [2.75, 3.05) is 70.3 Å². The molecule has 0 aliphatic carbocycles. The molecule has 2 saturated heterocycles. The Hall–Kier alpha value is -5.60. The fourth-order valence-electron chi connectivity index (χ4n) is 8.54. The molecule has 14 nitrogen and oxygen atoms in total. The molecule has 0 saturated carbocycles. The lowest BCUT2D eigenvalue weighted by molar-refractivity contribution is 0.0852. The molecule has 2 aliphatic heterocycles. The minimum atomic E-state index is -0.554. The number of hydrogen-bond acceptors (Lipinski definition) is 13. The third kappa shape index (κ3) is 9.67. The van der Waals surface area contributed by atoms with Crippen molar-refractivity contribution in [3.8, 4) is 22.6 Å². The highest BCUT2D eigenvalue weighted by Crippen LogP contribution is 2.43. The minimum Gasteiger partial charge on any atom is -0.495 e. The maximum atomic E-state index is 8.44. The number of aromatic nitrogens is 5. The first-order chi connectivity index (χ1) is 30.6. The Balaban J connectivity index is 1.17. The predicted molar refractivity (Wildman–Crippen MR) is 258 cm³/mol. The van der Waals surface area contributed by atoms with Gasteiger partial charge < -0.3 is 50.6 Å². The molecule has 0 amide bonds. The van der Waals surface area contributed by atoms with Gasteiger partial charge in [-0.15, -0.1) is 0 Å². The number of methoxy groups -OCH3 is 1. The Bertz CT molecular complexity index is 2640. The van der Waals surface area contributed by atoms with E-state index in [0.717, 1.165) is 94.4 Å². The third-order valence-electron chi connectivity index (χ3n) is 11.7. The summed E-state index contributed by atoms with van der Waals surface area (Å²) in [6.45, 7) is 7.47. The average Bonchev–Trinajstić information content (AvgIpc) is 3.68. The second-order valence-electron chi connectivity index (χ2n) is 16.0. The van der Waals surface area contributed by atoms with Gasteiger partial charge in [-0.25, -0.2) is 4.98 Å². The summed E-state index contributed by atoms with van der Waals surface area (Å²) >= 11 is 3.69. The monoisotopic (exact) mass is 932 g/mol. The second kappa shape index (κ2) is 19.8. The number of rotatable bonds is 15. The van der Waals surface area contributed by atoms with Crippen LogP contribution in [0.25, 0.3) is 27.7 Å². The molecular weight excluding hydrogens is 879 g/mol. The van der Waals surface area contributed by atoms with Crippen LogP contribution in [0.15, 0.2) is 77.9 Å². The minimum absolute atomic E-state index is 0.208. The molecule has 3 aromatic heterocycles. The van der Waals surface area contributed by atoms with E-state index in [2.05, 4.69) is 84.1 Å². The summed E-state index contributed by atoms with van der Waals surface area (Å²) in [4.78, 5) is 18.9. The highest BCUT2D eigenvalue weighted by atomic mass is 79.9. The number of ether oxygens (including phenoxy) is 4. The lowest BCUT2D eigenvalue weighted by Crippen LogP contribution is -2.16. The quantitative estimate of drug-likeness (QED) is 0.0375. The van der Waals surface area contributed by atoms with Gasteiger partial charge in [0.1, 0.15) is 23.9 Å². The van der Waals surface area contributed by atoms with Crippen LogP contribution in [0, 0.1) is 5.41 Å². The van der Waals surface area contributed by atoms with E-state index in [1.165, 1.54) is 11.8 Å². The van der Waals surface area contributed by atoms with Gasteiger partial charge >= 0.3 is 0 Å². The topological polar surface area (TPSA) is 179 Å². The lowest BCUT2D eigenvalue weighted by atomic mass is 9.85. The molecule has 0 radical (unpaired) electrons. The molecule has 2 aliphatic rings. The van der Waals surface area contributed by atoms with Crippen LogP contribution in [0.1, 0.15) is 59.9 Å². The van der Waals surface area contributed by atoms with Crippen LogP contribution in [0.3, 0.4) is 0 Å². The summed E-state index contributed by atoms with van der Waals surface area (Å²) in [6, 6.07) is 14.5. The highest BCUT2D eigenvalue weighted by Gasteiger charge is 2.26. The van der Waals surface area contributed by atoms with E-state index in [-0.39, 0.29) is 12.5 Å². The fourth-order valence-corrected chi connectivity index (χ4v) is 10.0. The van der Waals surface area contributed by atoms with Crippen molar-refractivity contribution < 1.29 is 18.9 Å². The summed E-state index contributed by atoms with van der Waals surface area (Å²) in [7, 11) is 4.98. The first-order valence-electron chi connectivity index (χ1n) is 21.1. The van der Waals surface area contributed by atoms with E-state index in [1.54, 1.807) is 25.7 Å². The van der Waals surface area contributed by atoms with Crippen molar-refractivity contribution >= 4 is 80.8 Å². The van der Waals surface area contributed by atoms with Gasteiger partial charge in [0.15, 0.2) is 0 Å². The molecule has 8 rings (SSSR count). The molecule has 2 fully saturated rings. The molecule has 328 valence electrons. The van der Waals surface area contributed by atoms with Crippen LogP contribution in [0.4, 0.5) is 28.8 Å². The Morgan fingerprint density at radius 2 is 1.65 bits per heavy atom. The summed E-state index contributed by atoms with van der Waals surface area (Å²) < 4.78 is 26.8. The van der Waals surface area contributed by atoms with Crippen LogP contribution >= 0.6 is 23.9 Å². The first kappa shape index (κ1) is 44.0. The molecule has 0 atom stereocenters. The van der Waals surface area contributed by atoms with E-state index in [9.17, 15) is 0 Å². The number of nitrogens with zero attached hydrogens (tertiary/aromatic N) is 5. The largest absolute Gasteiger partial charge is 0.495 e. The Morgan fingerprint density at radius 3 is 2.35 bits per heavy atom. The van der Waals surface area contributed by atoms with Crippen LogP contribution < -0.4 is 36.5 Å². The van der Waals surface area contributed by atoms with Gasteiger partial charge in [0.2, 0.25) is 5.95 Å². The number of hydrogen-bond donors (Lipinski definition) is 5. The number of anilines is 5. The molecule has 63 heavy (non-hydrogen) atoms. The van der Waals surface area contributed by atoms with Gasteiger partial charge in [0, 0.05) is 99.9 Å². The van der Waals surface area contributed by atoms with Crippen molar-refractivity contribution in [1.29, 1.82) is 5.41 Å². The number of nitrogens with two attached hydrogens (primary N) is 1. The molecule has 3 aromatic carbocycles. The van der Waals surface area contributed by atoms with Crippen molar-refractivity contribution in [3.63, 3.8) is 0 Å². The van der Waals surface area contributed by atoms with Crippen molar-refractivity contribution in [3.05, 3.63) is 100 Å². The smallest absolute Gasteiger partial charge is 0.229 e. The molecule has 6 N–H and O–H groups in total. The fraction of sp³-hybridized carbons (Fsp3) is 0.340. The Labute approximate surface area is 377 Å². The standard InChI is InChI=1S/C47H54BrN10O4P/c1-51-24-31(23-49)34-20-41(56-47-54-25-37(48)46(57-47)55-40-7-6-39-44(45(40)63(4)5)53-13-12-52-39)43(22-36(34)29-10-16-61-17-11-29)62-27-32-18-30(26-58(32)2)33-19-38(50)42(59-3)21-35(33)28-8-14-60-15-9-28/h6-7,12-13,18-26,28-29,49,51H,8-11,14-17,27,50H2,1-5H3,(H2,54,55,56,57)/b31-24+,49-23?. The number of halogens is 1. The van der Waals surface area contributed by atoms with Crippen molar-refractivity contribution in [2.24, 2.45) is 7.05 Å². The zero-order chi connectivity index (χ0) is 44.0. The van der Waals surface area contributed by atoms with Crippen molar-refractivity contribution in [1.82, 2.24) is 29.8 Å². The summed E-state index contributed by atoms with van der Waals surface area (Å²) in [6.07, 6.45) is 14.1. The van der Waals surface area contributed by atoms with Crippen LogP contribution in [0.2, 0.25) is 0 Å². The number of fused-ring (bicyclic) bond motifs is 1. The maximum Gasteiger partial charge on any atom is 0.229 e. The number of nitrogens with one attached hydrogen (secondary N) is 4. The molecule has 6 aromatic rings. The average molecular weight is 934 g/mol. The van der Waals surface area contributed by atoms with Gasteiger partial charge in [-0.05, 0) is 131 Å². The van der Waals surface area contributed by atoms with Crippen LogP contribution in [0.5, 0.6) is 11.5 Å². The summed E-state index contributed by atoms with van der Waals surface area (Å²) in [5.74, 6) is 2.80. The third-order valence-corrected chi connectivity index (χ3v) is 13.7. The Kier molecular flexibility index (Phi) is 13.9. The maximum absolute atomic E-state index is 8.44. The predicted octanol–water partition coefficient (Wildman–Crippen LogP) is 9.21. The van der Waals surface area contributed by atoms with Crippen LogP contribution in [-0.2, 0) is 23.1 Å². The van der Waals surface area contributed by atoms with Gasteiger partial charge in [-0.1, -0.05) is 7.92 Å². The highest BCUT2D eigenvalue weighted by molar-refractivity contribution is 9.10. The molecule has 5 heterocycles. The van der Waals surface area contributed by atoms with Gasteiger partial charge in [-0.3, -0.25) is 9.97 Å². The number of nitrogen functional groups attached to an aromatic ring is 1.